The van der Waals surface area contributed by atoms with Crippen LogP contribution in [-0.4, -0.2) is 6.61 Å². The Balaban J connectivity index is 2.82. The van der Waals surface area contributed by atoms with Crippen LogP contribution in [0.2, 0.25) is 5.02 Å². The molecule has 1 rings (SSSR count). The number of hydrogen-bond donors (Lipinski definition) is 0. The molecular weight excluding hydrogens is 198 g/mol. The molecule has 0 heterocycles. The Labute approximate surface area is 89.1 Å². The third-order valence-electron chi connectivity index (χ3n) is 1.63. The Kier molecular flexibility index (Phi) is 3.79. The van der Waals surface area contributed by atoms with Crippen molar-refractivity contribution in [2.24, 2.45) is 5.92 Å². The van der Waals surface area contributed by atoms with E-state index in [1.807, 2.05) is 0 Å². The largest absolute Gasteiger partial charge is 0.492 e. The van der Waals surface area contributed by atoms with E-state index in [2.05, 4.69) is 19.9 Å². The van der Waals surface area contributed by atoms with E-state index in [-0.39, 0.29) is 0 Å². The zero-order valence-electron chi connectivity index (χ0n) is 8.25. The second-order valence-electron chi connectivity index (χ2n) is 3.46. The van der Waals surface area contributed by atoms with Gasteiger partial charge in [-0.1, -0.05) is 25.4 Å². The molecule has 0 radical (unpaired) electrons. The van der Waals surface area contributed by atoms with Gasteiger partial charge in [-0.2, -0.15) is 5.26 Å². The van der Waals surface area contributed by atoms with Crippen LogP contribution >= 0.6 is 11.6 Å². The minimum Gasteiger partial charge on any atom is -0.492 e. The first-order valence-corrected chi connectivity index (χ1v) is 4.83. The van der Waals surface area contributed by atoms with Gasteiger partial charge in [0, 0.05) is 5.02 Å². The zero-order valence-corrected chi connectivity index (χ0v) is 9.01. The minimum atomic E-state index is 0.442. The summed E-state index contributed by atoms with van der Waals surface area (Å²) in [5.41, 5.74) is 0.484. The summed E-state index contributed by atoms with van der Waals surface area (Å²) in [5.74, 6) is 1.04. The standard InChI is InChI=1S/C11H12ClNO/c1-8(2)7-14-11-4-3-10(12)5-9(11)6-13/h3-5,8H,7H2,1-2H3. The molecule has 0 aliphatic rings. The lowest BCUT2D eigenvalue weighted by atomic mass is 10.2. The van der Waals surface area contributed by atoms with E-state index in [1.54, 1.807) is 18.2 Å². The van der Waals surface area contributed by atoms with Crippen molar-refractivity contribution in [2.75, 3.05) is 6.61 Å². The average molecular weight is 210 g/mol. The number of nitriles is 1. The van der Waals surface area contributed by atoms with Crippen LogP contribution in [0.4, 0.5) is 0 Å². The lowest BCUT2D eigenvalue weighted by molar-refractivity contribution is 0.270. The molecule has 1 aromatic rings. The van der Waals surface area contributed by atoms with E-state index in [0.29, 0.717) is 28.9 Å². The number of benzene rings is 1. The topological polar surface area (TPSA) is 33.0 Å². The quantitative estimate of drug-likeness (QED) is 0.766. The molecule has 0 aliphatic carbocycles. The first-order valence-electron chi connectivity index (χ1n) is 4.46. The first-order chi connectivity index (χ1) is 6.63. The molecule has 0 fully saturated rings. The van der Waals surface area contributed by atoms with Crippen LogP contribution in [0.3, 0.4) is 0 Å². The highest BCUT2D eigenvalue weighted by Gasteiger charge is 2.04. The summed E-state index contributed by atoms with van der Waals surface area (Å²) in [5, 5.41) is 9.37. The van der Waals surface area contributed by atoms with Gasteiger partial charge in [-0.05, 0) is 24.1 Å². The fourth-order valence-corrected chi connectivity index (χ4v) is 1.14. The lowest BCUT2D eigenvalue weighted by Crippen LogP contribution is -2.05. The van der Waals surface area contributed by atoms with Crippen molar-refractivity contribution in [3.63, 3.8) is 0 Å². The molecule has 0 amide bonds. The van der Waals surface area contributed by atoms with Gasteiger partial charge in [-0.3, -0.25) is 0 Å². The van der Waals surface area contributed by atoms with Crippen LogP contribution in [-0.2, 0) is 0 Å². The highest BCUT2D eigenvalue weighted by atomic mass is 35.5. The van der Waals surface area contributed by atoms with Crippen molar-refractivity contribution in [1.82, 2.24) is 0 Å². The maximum atomic E-state index is 8.82. The van der Waals surface area contributed by atoms with Gasteiger partial charge >= 0.3 is 0 Å². The molecule has 0 aromatic heterocycles. The average Bonchev–Trinajstić information content (AvgIpc) is 2.15. The maximum Gasteiger partial charge on any atom is 0.137 e. The SMILES string of the molecule is CC(C)COc1ccc(Cl)cc1C#N. The zero-order chi connectivity index (χ0) is 10.6. The molecule has 1 aromatic carbocycles. The normalized spacial score (nSPS) is 9.93. The molecule has 0 spiro atoms. The fraction of sp³-hybridized carbons (Fsp3) is 0.364. The van der Waals surface area contributed by atoms with E-state index in [9.17, 15) is 0 Å². The van der Waals surface area contributed by atoms with Crippen molar-refractivity contribution in [3.8, 4) is 11.8 Å². The lowest BCUT2D eigenvalue weighted by Gasteiger charge is -2.09. The number of ether oxygens (including phenoxy) is 1. The van der Waals surface area contributed by atoms with E-state index >= 15 is 0 Å². The van der Waals surface area contributed by atoms with E-state index < -0.39 is 0 Å². The molecular formula is C11H12ClNO. The predicted octanol–water partition coefficient (Wildman–Crippen LogP) is 3.25. The van der Waals surface area contributed by atoms with Crippen molar-refractivity contribution in [3.05, 3.63) is 28.8 Å². The van der Waals surface area contributed by atoms with Gasteiger partial charge in [0.2, 0.25) is 0 Å². The number of rotatable bonds is 3. The van der Waals surface area contributed by atoms with Gasteiger partial charge in [-0.25, -0.2) is 0 Å². The minimum absolute atomic E-state index is 0.442. The first kappa shape index (κ1) is 10.9. The molecule has 0 aliphatic heterocycles. The van der Waals surface area contributed by atoms with Crippen LogP contribution in [0.15, 0.2) is 18.2 Å². The van der Waals surface area contributed by atoms with Gasteiger partial charge in [0.25, 0.3) is 0 Å². The summed E-state index contributed by atoms with van der Waals surface area (Å²) >= 11 is 5.75. The summed E-state index contributed by atoms with van der Waals surface area (Å²) in [7, 11) is 0. The van der Waals surface area contributed by atoms with E-state index in [0.717, 1.165) is 0 Å². The van der Waals surface area contributed by atoms with Gasteiger partial charge in [0.1, 0.15) is 11.8 Å². The molecule has 3 heteroatoms. The smallest absolute Gasteiger partial charge is 0.137 e. The van der Waals surface area contributed by atoms with Crippen molar-refractivity contribution >= 4 is 11.6 Å². The Bertz CT molecular complexity index is 355. The monoisotopic (exact) mass is 209 g/mol. The maximum absolute atomic E-state index is 8.82. The summed E-state index contributed by atoms with van der Waals surface area (Å²) in [6.07, 6.45) is 0. The van der Waals surface area contributed by atoms with Crippen LogP contribution in [0.5, 0.6) is 5.75 Å². The highest BCUT2D eigenvalue weighted by Crippen LogP contribution is 2.22. The Morgan fingerprint density at radius 2 is 2.21 bits per heavy atom. The van der Waals surface area contributed by atoms with E-state index in [4.69, 9.17) is 21.6 Å². The second kappa shape index (κ2) is 4.88. The summed E-state index contributed by atoms with van der Waals surface area (Å²) in [6, 6.07) is 7.10. The van der Waals surface area contributed by atoms with Crippen LogP contribution in [0.25, 0.3) is 0 Å². The Morgan fingerprint density at radius 1 is 1.50 bits per heavy atom. The molecule has 74 valence electrons. The van der Waals surface area contributed by atoms with Crippen molar-refractivity contribution < 1.29 is 4.74 Å². The summed E-state index contributed by atoms with van der Waals surface area (Å²) in [6.45, 7) is 4.72. The van der Waals surface area contributed by atoms with Gasteiger partial charge in [0.15, 0.2) is 0 Å². The predicted molar refractivity (Wildman–Crippen MR) is 56.5 cm³/mol. The van der Waals surface area contributed by atoms with Crippen LogP contribution < -0.4 is 4.74 Å². The van der Waals surface area contributed by atoms with E-state index in [1.165, 1.54) is 0 Å². The third-order valence-corrected chi connectivity index (χ3v) is 1.87. The van der Waals surface area contributed by atoms with Gasteiger partial charge < -0.3 is 4.74 Å². The Hall–Kier alpha value is -1.20. The van der Waals surface area contributed by atoms with Crippen molar-refractivity contribution in [1.29, 1.82) is 5.26 Å². The molecule has 0 N–H and O–H groups in total. The molecule has 0 saturated carbocycles. The second-order valence-corrected chi connectivity index (χ2v) is 3.89. The molecule has 0 bridgehead atoms. The summed E-state index contributed by atoms with van der Waals surface area (Å²) in [4.78, 5) is 0. The molecule has 2 nitrogen and oxygen atoms in total. The third kappa shape index (κ3) is 2.93. The highest BCUT2D eigenvalue weighted by molar-refractivity contribution is 6.30. The Morgan fingerprint density at radius 3 is 2.79 bits per heavy atom. The van der Waals surface area contributed by atoms with Crippen LogP contribution in [0, 0.1) is 17.2 Å². The molecule has 14 heavy (non-hydrogen) atoms. The number of nitrogens with zero attached hydrogens (tertiary/aromatic N) is 1. The molecule has 0 unspecified atom stereocenters. The molecule has 0 saturated heterocycles. The number of halogens is 1. The van der Waals surface area contributed by atoms with Gasteiger partial charge in [-0.15, -0.1) is 0 Å². The molecule has 0 atom stereocenters. The fourth-order valence-electron chi connectivity index (χ4n) is 0.972. The van der Waals surface area contributed by atoms with Crippen molar-refractivity contribution in [2.45, 2.75) is 13.8 Å². The van der Waals surface area contributed by atoms with Gasteiger partial charge in [0.05, 0.1) is 12.2 Å². The summed E-state index contributed by atoms with van der Waals surface area (Å²) < 4.78 is 5.46. The van der Waals surface area contributed by atoms with Crippen LogP contribution in [0.1, 0.15) is 19.4 Å². The number of hydrogen-bond acceptors (Lipinski definition) is 2.